The summed E-state index contributed by atoms with van der Waals surface area (Å²) in [6.07, 6.45) is 1.94. The lowest BCUT2D eigenvalue weighted by Crippen LogP contribution is -2.42. The number of carbonyl (C=O) groups is 1. The van der Waals surface area contributed by atoms with Gasteiger partial charge in [-0.3, -0.25) is 4.79 Å². The van der Waals surface area contributed by atoms with Gasteiger partial charge in [0, 0.05) is 24.8 Å². The van der Waals surface area contributed by atoms with Crippen molar-refractivity contribution in [3.8, 4) is 5.75 Å². The Hall–Kier alpha value is -2.24. The fraction of sp³-hybridized carbons (Fsp3) is 0.381. The summed E-state index contributed by atoms with van der Waals surface area (Å²) >= 11 is 0. The van der Waals surface area contributed by atoms with Crippen LogP contribution in [0.25, 0.3) is 0 Å². The highest BCUT2D eigenvalue weighted by molar-refractivity contribution is 6.00. The summed E-state index contributed by atoms with van der Waals surface area (Å²) in [6, 6.07) is 15.5. The topological polar surface area (TPSA) is 67.6 Å². The molecular weight excluding hydrogens is 362 g/mol. The SMILES string of the molecule is COc1ccc(Nc2ccccc2C(=O)N2CCC(C(C)N)CC2)cc1.Cl. The number of amides is 1. The maximum atomic E-state index is 13.0. The largest absolute Gasteiger partial charge is 0.497 e. The second kappa shape index (κ2) is 9.62. The highest BCUT2D eigenvalue weighted by Crippen LogP contribution is 2.26. The summed E-state index contributed by atoms with van der Waals surface area (Å²) in [5.41, 5.74) is 8.44. The predicted molar refractivity (Wildman–Crippen MR) is 112 cm³/mol. The number of carbonyl (C=O) groups excluding carboxylic acids is 1. The van der Waals surface area contributed by atoms with Gasteiger partial charge in [-0.05, 0) is 62.1 Å². The fourth-order valence-corrected chi connectivity index (χ4v) is 3.41. The van der Waals surface area contributed by atoms with Crippen LogP contribution >= 0.6 is 12.4 Å². The molecule has 1 unspecified atom stereocenters. The number of hydrogen-bond acceptors (Lipinski definition) is 4. The summed E-state index contributed by atoms with van der Waals surface area (Å²) in [5, 5.41) is 3.35. The molecule has 6 heteroatoms. The van der Waals surface area contributed by atoms with E-state index in [2.05, 4.69) is 12.2 Å². The van der Waals surface area contributed by atoms with Crippen molar-refractivity contribution < 1.29 is 9.53 Å². The van der Waals surface area contributed by atoms with Gasteiger partial charge in [-0.1, -0.05) is 12.1 Å². The van der Waals surface area contributed by atoms with E-state index >= 15 is 0 Å². The molecule has 1 heterocycles. The van der Waals surface area contributed by atoms with Gasteiger partial charge in [-0.25, -0.2) is 0 Å². The molecule has 0 aromatic heterocycles. The van der Waals surface area contributed by atoms with Gasteiger partial charge in [-0.15, -0.1) is 12.4 Å². The van der Waals surface area contributed by atoms with Gasteiger partial charge in [0.25, 0.3) is 5.91 Å². The second-order valence-corrected chi connectivity index (χ2v) is 6.89. The fourth-order valence-electron chi connectivity index (χ4n) is 3.41. The lowest BCUT2D eigenvalue weighted by atomic mass is 9.90. The molecule has 27 heavy (non-hydrogen) atoms. The molecule has 5 nitrogen and oxygen atoms in total. The molecule has 1 aliphatic heterocycles. The molecule has 3 N–H and O–H groups in total. The number of para-hydroxylation sites is 1. The van der Waals surface area contributed by atoms with Gasteiger partial charge in [-0.2, -0.15) is 0 Å². The van der Waals surface area contributed by atoms with Gasteiger partial charge in [0.1, 0.15) is 5.75 Å². The van der Waals surface area contributed by atoms with E-state index in [4.69, 9.17) is 10.5 Å². The molecule has 1 amide bonds. The third-order valence-electron chi connectivity index (χ3n) is 5.10. The van der Waals surface area contributed by atoms with Crippen molar-refractivity contribution in [1.29, 1.82) is 0 Å². The Kier molecular flexibility index (Phi) is 7.51. The molecular formula is C21H28ClN3O2. The Morgan fingerprint density at radius 3 is 2.37 bits per heavy atom. The Bertz CT molecular complexity index is 741. The lowest BCUT2D eigenvalue weighted by Gasteiger charge is -2.34. The number of piperidine rings is 1. The normalized spacial score (nSPS) is 15.6. The first-order valence-electron chi connectivity index (χ1n) is 9.13. The first-order valence-corrected chi connectivity index (χ1v) is 9.13. The molecule has 2 aromatic rings. The minimum absolute atomic E-state index is 0. The molecule has 146 valence electrons. The van der Waals surface area contributed by atoms with E-state index in [-0.39, 0.29) is 24.4 Å². The molecule has 0 spiro atoms. The number of likely N-dealkylation sites (tertiary alicyclic amines) is 1. The molecule has 0 aliphatic carbocycles. The van der Waals surface area contributed by atoms with Crippen molar-refractivity contribution in [2.24, 2.45) is 11.7 Å². The average Bonchev–Trinajstić information content (AvgIpc) is 2.68. The Morgan fingerprint density at radius 2 is 1.78 bits per heavy atom. The average molecular weight is 390 g/mol. The van der Waals surface area contributed by atoms with Crippen molar-refractivity contribution in [1.82, 2.24) is 4.90 Å². The quantitative estimate of drug-likeness (QED) is 0.809. The molecule has 0 bridgehead atoms. The van der Waals surface area contributed by atoms with Crippen LogP contribution in [0.5, 0.6) is 5.75 Å². The summed E-state index contributed by atoms with van der Waals surface area (Å²) in [6.45, 7) is 3.58. The standard InChI is InChI=1S/C21H27N3O2.ClH/c1-15(22)16-11-13-24(14-12-16)21(25)19-5-3-4-6-20(19)23-17-7-9-18(26-2)10-8-17;/h3-10,15-16,23H,11-14,22H2,1-2H3;1H. The van der Waals surface area contributed by atoms with Crippen molar-refractivity contribution in [2.75, 3.05) is 25.5 Å². The van der Waals surface area contributed by atoms with Crippen LogP contribution in [0.3, 0.4) is 0 Å². The second-order valence-electron chi connectivity index (χ2n) is 6.89. The number of anilines is 2. The number of methoxy groups -OCH3 is 1. The lowest BCUT2D eigenvalue weighted by molar-refractivity contribution is 0.0682. The minimum atomic E-state index is 0. The van der Waals surface area contributed by atoms with Crippen molar-refractivity contribution in [3.63, 3.8) is 0 Å². The number of nitrogens with zero attached hydrogens (tertiary/aromatic N) is 1. The number of nitrogens with two attached hydrogens (primary N) is 1. The maximum Gasteiger partial charge on any atom is 0.255 e. The number of hydrogen-bond donors (Lipinski definition) is 2. The highest BCUT2D eigenvalue weighted by Gasteiger charge is 2.26. The van der Waals surface area contributed by atoms with E-state index in [1.54, 1.807) is 7.11 Å². The monoisotopic (exact) mass is 389 g/mol. The summed E-state index contributed by atoms with van der Waals surface area (Å²) in [5.74, 6) is 1.38. The molecule has 0 saturated carbocycles. The third kappa shape index (κ3) is 5.15. The van der Waals surface area contributed by atoms with E-state index in [1.165, 1.54) is 0 Å². The van der Waals surface area contributed by atoms with E-state index in [1.807, 2.05) is 53.4 Å². The van der Waals surface area contributed by atoms with Crippen LogP contribution in [-0.4, -0.2) is 37.0 Å². The summed E-state index contributed by atoms with van der Waals surface area (Å²) in [4.78, 5) is 15.0. The molecule has 0 radical (unpaired) electrons. The zero-order valence-corrected chi connectivity index (χ0v) is 16.7. The van der Waals surface area contributed by atoms with Crippen molar-refractivity contribution >= 4 is 29.7 Å². The molecule has 2 aromatic carbocycles. The smallest absolute Gasteiger partial charge is 0.255 e. The van der Waals surface area contributed by atoms with Crippen LogP contribution in [0.1, 0.15) is 30.1 Å². The van der Waals surface area contributed by atoms with Gasteiger partial charge < -0.3 is 20.7 Å². The first-order chi connectivity index (χ1) is 12.6. The minimum Gasteiger partial charge on any atom is -0.497 e. The summed E-state index contributed by atoms with van der Waals surface area (Å²) in [7, 11) is 1.64. The van der Waals surface area contributed by atoms with Crippen molar-refractivity contribution in [2.45, 2.75) is 25.8 Å². The zero-order valence-electron chi connectivity index (χ0n) is 15.9. The predicted octanol–water partition coefficient (Wildman–Crippen LogP) is 4.06. The van der Waals surface area contributed by atoms with E-state index in [0.29, 0.717) is 11.5 Å². The first kappa shape index (κ1) is 21.1. The molecule has 1 fully saturated rings. The number of benzene rings is 2. The van der Waals surface area contributed by atoms with Crippen LogP contribution in [0.15, 0.2) is 48.5 Å². The number of rotatable bonds is 5. The third-order valence-corrected chi connectivity index (χ3v) is 5.10. The molecule has 3 rings (SSSR count). The van der Waals surface area contributed by atoms with Crippen LogP contribution in [0.4, 0.5) is 11.4 Å². The van der Waals surface area contributed by atoms with Gasteiger partial charge in [0.05, 0.1) is 18.4 Å². The number of ether oxygens (including phenoxy) is 1. The Balaban J connectivity index is 0.00000261. The Labute approximate surface area is 167 Å². The van der Waals surface area contributed by atoms with Crippen LogP contribution < -0.4 is 15.8 Å². The van der Waals surface area contributed by atoms with Crippen molar-refractivity contribution in [3.05, 3.63) is 54.1 Å². The van der Waals surface area contributed by atoms with E-state index in [9.17, 15) is 4.79 Å². The highest BCUT2D eigenvalue weighted by atomic mass is 35.5. The summed E-state index contributed by atoms with van der Waals surface area (Å²) < 4.78 is 5.19. The Morgan fingerprint density at radius 1 is 1.15 bits per heavy atom. The van der Waals surface area contributed by atoms with Crippen LogP contribution in [0.2, 0.25) is 0 Å². The van der Waals surface area contributed by atoms with Gasteiger partial charge >= 0.3 is 0 Å². The number of nitrogens with one attached hydrogen (secondary N) is 1. The zero-order chi connectivity index (χ0) is 18.5. The molecule has 1 saturated heterocycles. The van der Waals surface area contributed by atoms with E-state index in [0.717, 1.165) is 43.1 Å². The van der Waals surface area contributed by atoms with Crippen LogP contribution in [0, 0.1) is 5.92 Å². The number of halogens is 1. The molecule has 1 atom stereocenters. The molecule has 1 aliphatic rings. The van der Waals surface area contributed by atoms with E-state index < -0.39 is 0 Å². The van der Waals surface area contributed by atoms with Gasteiger partial charge in [0.2, 0.25) is 0 Å². The van der Waals surface area contributed by atoms with Crippen LogP contribution in [-0.2, 0) is 0 Å². The van der Waals surface area contributed by atoms with Gasteiger partial charge in [0.15, 0.2) is 0 Å². The maximum absolute atomic E-state index is 13.0.